The number of hydrogen-bond acceptors (Lipinski definition) is 3. The molecule has 5 heteroatoms. The van der Waals surface area contributed by atoms with Gasteiger partial charge in [-0.1, -0.05) is 43.7 Å². The third-order valence-corrected chi connectivity index (χ3v) is 3.64. The van der Waals surface area contributed by atoms with E-state index in [1.807, 2.05) is 54.6 Å². The lowest BCUT2D eigenvalue weighted by Gasteiger charge is -2.08. The first-order valence-corrected chi connectivity index (χ1v) is 8.55. The summed E-state index contributed by atoms with van der Waals surface area (Å²) in [5, 5.41) is 5.13. The molecule has 2 aromatic rings. The minimum Gasteiger partial charge on any atom is -0.492 e. The Morgan fingerprint density at radius 3 is 2.36 bits per heavy atom. The molecule has 25 heavy (non-hydrogen) atoms. The molecule has 0 saturated heterocycles. The fraction of sp³-hybridized carbons (Fsp3) is 0.300. The van der Waals surface area contributed by atoms with Gasteiger partial charge in [-0.05, 0) is 42.7 Å². The van der Waals surface area contributed by atoms with Crippen LogP contribution in [0.3, 0.4) is 0 Å². The molecule has 0 atom stereocenters. The molecule has 0 aromatic heterocycles. The summed E-state index contributed by atoms with van der Waals surface area (Å²) >= 11 is 0. The van der Waals surface area contributed by atoms with Gasteiger partial charge in [0.2, 0.25) is 0 Å². The van der Waals surface area contributed by atoms with Crippen LogP contribution >= 0.6 is 0 Å². The highest BCUT2D eigenvalue weighted by atomic mass is 16.5. The van der Waals surface area contributed by atoms with Crippen molar-refractivity contribution < 1.29 is 14.3 Å². The molecule has 0 aliphatic heterocycles. The quantitative estimate of drug-likeness (QED) is 0.573. The van der Waals surface area contributed by atoms with E-state index in [1.54, 1.807) is 0 Å². The van der Waals surface area contributed by atoms with Crippen LogP contribution in [0.1, 0.15) is 25.3 Å². The fourth-order valence-corrected chi connectivity index (χ4v) is 2.25. The molecule has 0 aliphatic carbocycles. The van der Waals surface area contributed by atoms with E-state index < -0.39 is 11.8 Å². The Labute approximate surface area is 148 Å². The van der Waals surface area contributed by atoms with Gasteiger partial charge in [-0.15, -0.1) is 0 Å². The number of amides is 2. The third-order valence-electron chi connectivity index (χ3n) is 3.64. The zero-order valence-corrected chi connectivity index (χ0v) is 14.5. The van der Waals surface area contributed by atoms with Crippen LogP contribution in [-0.2, 0) is 16.0 Å². The number of benzene rings is 2. The van der Waals surface area contributed by atoms with Crippen molar-refractivity contribution >= 4 is 17.5 Å². The van der Waals surface area contributed by atoms with Crippen LogP contribution in [0.15, 0.2) is 54.6 Å². The number of rotatable bonds is 8. The normalized spacial score (nSPS) is 10.1. The van der Waals surface area contributed by atoms with E-state index in [9.17, 15) is 9.59 Å². The van der Waals surface area contributed by atoms with E-state index in [4.69, 9.17) is 4.74 Å². The monoisotopic (exact) mass is 340 g/mol. The van der Waals surface area contributed by atoms with E-state index >= 15 is 0 Å². The fourth-order valence-electron chi connectivity index (χ4n) is 2.25. The maximum Gasteiger partial charge on any atom is 0.313 e. The van der Waals surface area contributed by atoms with Gasteiger partial charge in [0, 0.05) is 5.69 Å². The average molecular weight is 340 g/mol. The maximum atomic E-state index is 11.9. The molecule has 0 saturated carbocycles. The molecule has 2 N–H and O–H groups in total. The number of nitrogens with one attached hydrogen (secondary N) is 2. The van der Waals surface area contributed by atoms with Crippen molar-refractivity contribution in [2.75, 3.05) is 18.5 Å². The number of anilines is 1. The van der Waals surface area contributed by atoms with Gasteiger partial charge in [0.25, 0.3) is 0 Å². The summed E-state index contributed by atoms with van der Waals surface area (Å²) in [6.07, 6.45) is 3.30. The summed E-state index contributed by atoms with van der Waals surface area (Å²) in [7, 11) is 0. The molecule has 2 amide bonds. The second-order valence-corrected chi connectivity index (χ2v) is 5.67. The van der Waals surface area contributed by atoms with Crippen LogP contribution in [0, 0.1) is 0 Å². The van der Waals surface area contributed by atoms with Crippen LogP contribution in [0.4, 0.5) is 5.69 Å². The van der Waals surface area contributed by atoms with Gasteiger partial charge in [0.15, 0.2) is 0 Å². The second kappa shape index (κ2) is 10.1. The summed E-state index contributed by atoms with van der Waals surface area (Å²) in [5.41, 5.74) is 1.84. The van der Waals surface area contributed by atoms with Crippen molar-refractivity contribution in [2.45, 2.75) is 26.2 Å². The van der Waals surface area contributed by atoms with Crippen LogP contribution in [0.5, 0.6) is 5.75 Å². The number of para-hydroxylation sites is 1. The van der Waals surface area contributed by atoms with Crippen molar-refractivity contribution in [2.24, 2.45) is 0 Å². The van der Waals surface area contributed by atoms with Crippen molar-refractivity contribution in [1.29, 1.82) is 0 Å². The first kappa shape index (κ1) is 18.5. The zero-order chi connectivity index (χ0) is 17.9. The first-order chi connectivity index (χ1) is 12.2. The molecule has 2 rings (SSSR count). The molecule has 0 spiro atoms. The number of carbonyl (C=O) groups is 2. The van der Waals surface area contributed by atoms with Gasteiger partial charge in [-0.3, -0.25) is 9.59 Å². The molecule has 0 aliphatic rings. The molecule has 0 radical (unpaired) electrons. The Morgan fingerprint density at radius 2 is 1.68 bits per heavy atom. The van der Waals surface area contributed by atoms with Gasteiger partial charge in [-0.2, -0.15) is 0 Å². The van der Waals surface area contributed by atoms with Crippen LogP contribution in [0.2, 0.25) is 0 Å². The Hall–Kier alpha value is -2.82. The Bertz CT molecular complexity index is 669. The molecular weight excluding hydrogens is 316 g/mol. The molecular formula is C20H24N2O3. The van der Waals surface area contributed by atoms with Gasteiger partial charge >= 0.3 is 11.8 Å². The van der Waals surface area contributed by atoms with Crippen molar-refractivity contribution in [1.82, 2.24) is 5.32 Å². The van der Waals surface area contributed by atoms with Gasteiger partial charge in [0.1, 0.15) is 12.4 Å². The summed E-state index contributed by atoms with van der Waals surface area (Å²) in [6, 6.07) is 16.9. The summed E-state index contributed by atoms with van der Waals surface area (Å²) in [5.74, 6) is -0.628. The lowest BCUT2D eigenvalue weighted by molar-refractivity contribution is -0.136. The number of carbonyl (C=O) groups excluding carboxylic acids is 2. The lowest BCUT2D eigenvalue weighted by Crippen LogP contribution is -2.37. The Balaban J connectivity index is 1.70. The number of ether oxygens (including phenoxy) is 1. The Morgan fingerprint density at radius 1 is 0.960 bits per heavy atom. The molecule has 5 nitrogen and oxygen atoms in total. The highest BCUT2D eigenvalue weighted by Crippen LogP contribution is 2.11. The van der Waals surface area contributed by atoms with E-state index in [0.29, 0.717) is 12.3 Å². The smallest absolute Gasteiger partial charge is 0.313 e. The third kappa shape index (κ3) is 6.67. The van der Waals surface area contributed by atoms with E-state index in [0.717, 1.165) is 25.0 Å². The number of unbranched alkanes of at least 4 members (excludes halogenated alkanes) is 1. The van der Waals surface area contributed by atoms with Crippen LogP contribution in [0.25, 0.3) is 0 Å². The predicted molar refractivity (Wildman–Crippen MR) is 98.6 cm³/mol. The number of aryl methyl sites for hydroxylation is 1. The summed E-state index contributed by atoms with van der Waals surface area (Å²) < 4.78 is 5.45. The molecule has 0 fully saturated rings. The molecule has 0 heterocycles. The van der Waals surface area contributed by atoms with E-state index in [1.165, 1.54) is 5.56 Å². The topological polar surface area (TPSA) is 67.4 Å². The largest absolute Gasteiger partial charge is 0.492 e. The Kier molecular flexibility index (Phi) is 7.50. The predicted octanol–water partition coefficient (Wildman–Crippen LogP) is 3.16. The van der Waals surface area contributed by atoms with E-state index in [-0.39, 0.29) is 6.54 Å². The highest BCUT2D eigenvalue weighted by molar-refractivity contribution is 6.39. The first-order valence-electron chi connectivity index (χ1n) is 8.55. The summed E-state index contributed by atoms with van der Waals surface area (Å²) in [6.45, 7) is 2.71. The van der Waals surface area contributed by atoms with E-state index in [2.05, 4.69) is 17.6 Å². The van der Waals surface area contributed by atoms with Crippen LogP contribution < -0.4 is 15.4 Å². The average Bonchev–Trinajstić information content (AvgIpc) is 2.65. The maximum absolute atomic E-state index is 11.9. The highest BCUT2D eigenvalue weighted by Gasteiger charge is 2.13. The van der Waals surface area contributed by atoms with Crippen molar-refractivity contribution in [3.8, 4) is 5.75 Å². The summed E-state index contributed by atoms with van der Waals surface area (Å²) in [4.78, 5) is 23.7. The number of hydrogen-bond donors (Lipinski definition) is 2. The van der Waals surface area contributed by atoms with Gasteiger partial charge < -0.3 is 15.4 Å². The van der Waals surface area contributed by atoms with Crippen LogP contribution in [-0.4, -0.2) is 25.0 Å². The van der Waals surface area contributed by atoms with Crippen molar-refractivity contribution in [3.63, 3.8) is 0 Å². The van der Waals surface area contributed by atoms with Gasteiger partial charge in [-0.25, -0.2) is 0 Å². The zero-order valence-electron chi connectivity index (χ0n) is 14.5. The second-order valence-electron chi connectivity index (χ2n) is 5.67. The molecule has 2 aromatic carbocycles. The minimum absolute atomic E-state index is 0.261. The standard InChI is InChI=1S/C20H24N2O3/c1-2-3-7-16-10-12-17(13-11-16)22-20(24)19(23)21-14-15-25-18-8-5-4-6-9-18/h4-6,8-13H,2-3,7,14-15H2,1H3,(H,21,23)(H,22,24). The molecule has 0 unspecified atom stereocenters. The molecule has 132 valence electrons. The van der Waals surface area contributed by atoms with Gasteiger partial charge in [0.05, 0.1) is 6.54 Å². The van der Waals surface area contributed by atoms with Crippen molar-refractivity contribution in [3.05, 3.63) is 60.2 Å². The molecule has 0 bridgehead atoms. The SMILES string of the molecule is CCCCc1ccc(NC(=O)C(=O)NCCOc2ccccc2)cc1. The lowest BCUT2D eigenvalue weighted by atomic mass is 10.1. The minimum atomic E-state index is -0.680.